The van der Waals surface area contributed by atoms with Crippen molar-refractivity contribution in [3.63, 3.8) is 0 Å². The van der Waals surface area contributed by atoms with Crippen molar-refractivity contribution in [1.82, 2.24) is 5.32 Å². The molecule has 0 heterocycles. The lowest BCUT2D eigenvalue weighted by molar-refractivity contribution is -0.126. The summed E-state index contributed by atoms with van der Waals surface area (Å²) in [5.41, 5.74) is 7.04. The quantitative estimate of drug-likeness (QED) is 0.736. The number of nitrogens with two attached hydrogens (primary N) is 1. The first-order valence-electron chi connectivity index (χ1n) is 6.91. The summed E-state index contributed by atoms with van der Waals surface area (Å²) in [7, 11) is 0. The highest BCUT2D eigenvalue weighted by Crippen LogP contribution is 2.24. The van der Waals surface area contributed by atoms with Crippen LogP contribution < -0.4 is 11.1 Å². The molecule has 1 saturated carbocycles. The molecule has 4 heteroatoms. The maximum Gasteiger partial charge on any atom is 0.224 e. The molecule has 104 valence electrons. The summed E-state index contributed by atoms with van der Waals surface area (Å²) in [6, 6.07) is 9.59. The SMILES string of the molecule is NC1CCCC1C(=O)NC(CO)Cc1ccccc1. The van der Waals surface area contributed by atoms with Crippen LogP contribution in [0.4, 0.5) is 0 Å². The zero-order valence-electron chi connectivity index (χ0n) is 11.1. The number of rotatable bonds is 5. The van der Waals surface area contributed by atoms with Gasteiger partial charge >= 0.3 is 0 Å². The minimum absolute atomic E-state index is 0.0139. The molecule has 1 aromatic carbocycles. The lowest BCUT2D eigenvalue weighted by atomic mass is 10.0. The van der Waals surface area contributed by atoms with Crippen LogP contribution in [0.3, 0.4) is 0 Å². The van der Waals surface area contributed by atoms with Crippen molar-refractivity contribution in [1.29, 1.82) is 0 Å². The van der Waals surface area contributed by atoms with Gasteiger partial charge in [-0.05, 0) is 24.8 Å². The molecule has 0 spiro atoms. The number of nitrogens with one attached hydrogen (secondary N) is 1. The molecule has 3 unspecified atom stereocenters. The van der Waals surface area contributed by atoms with E-state index in [0.29, 0.717) is 6.42 Å². The summed E-state index contributed by atoms with van der Waals surface area (Å²) >= 11 is 0. The van der Waals surface area contributed by atoms with E-state index in [-0.39, 0.29) is 30.5 Å². The Morgan fingerprint density at radius 3 is 2.68 bits per heavy atom. The minimum Gasteiger partial charge on any atom is -0.394 e. The zero-order valence-corrected chi connectivity index (χ0v) is 11.1. The van der Waals surface area contributed by atoms with E-state index in [9.17, 15) is 9.90 Å². The van der Waals surface area contributed by atoms with Crippen LogP contribution in [0.25, 0.3) is 0 Å². The summed E-state index contributed by atoms with van der Waals surface area (Å²) in [6.07, 6.45) is 3.43. The zero-order chi connectivity index (χ0) is 13.7. The largest absolute Gasteiger partial charge is 0.394 e. The molecule has 0 aliphatic heterocycles. The van der Waals surface area contributed by atoms with Crippen LogP contribution in [-0.4, -0.2) is 29.7 Å². The third-order valence-electron chi connectivity index (χ3n) is 3.80. The third kappa shape index (κ3) is 3.78. The van der Waals surface area contributed by atoms with E-state index in [1.54, 1.807) is 0 Å². The molecule has 0 bridgehead atoms. The predicted molar refractivity (Wildman–Crippen MR) is 74.5 cm³/mol. The van der Waals surface area contributed by atoms with E-state index in [1.807, 2.05) is 30.3 Å². The fraction of sp³-hybridized carbons (Fsp3) is 0.533. The lowest BCUT2D eigenvalue weighted by Gasteiger charge is -2.21. The second-order valence-electron chi connectivity index (χ2n) is 5.28. The Balaban J connectivity index is 1.90. The number of aliphatic hydroxyl groups excluding tert-OH is 1. The van der Waals surface area contributed by atoms with Crippen molar-refractivity contribution >= 4 is 5.91 Å². The molecule has 1 amide bonds. The number of carbonyl (C=O) groups excluding carboxylic acids is 1. The van der Waals surface area contributed by atoms with Gasteiger partial charge in [-0.15, -0.1) is 0 Å². The van der Waals surface area contributed by atoms with Crippen LogP contribution >= 0.6 is 0 Å². The number of carbonyl (C=O) groups is 1. The van der Waals surface area contributed by atoms with Gasteiger partial charge in [-0.25, -0.2) is 0 Å². The van der Waals surface area contributed by atoms with Crippen molar-refractivity contribution in [2.45, 2.75) is 37.8 Å². The molecule has 1 fully saturated rings. The van der Waals surface area contributed by atoms with Gasteiger partial charge in [0.05, 0.1) is 18.6 Å². The van der Waals surface area contributed by atoms with Gasteiger partial charge in [-0.2, -0.15) is 0 Å². The van der Waals surface area contributed by atoms with Crippen LogP contribution in [0.5, 0.6) is 0 Å². The molecule has 0 radical (unpaired) electrons. The minimum atomic E-state index is -0.234. The molecule has 3 atom stereocenters. The number of aliphatic hydroxyl groups is 1. The average molecular weight is 262 g/mol. The van der Waals surface area contributed by atoms with E-state index in [2.05, 4.69) is 5.32 Å². The summed E-state index contributed by atoms with van der Waals surface area (Å²) in [5.74, 6) is -0.107. The van der Waals surface area contributed by atoms with Crippen molar-refractivity contribution in [2.75, 3.05) is 6.61 Å². The first-order chi connectivity index (χ1) is 9.20. The maximum atomic E-state index is 12.1. The van der Waals surface area contributed by atoms with Gasteiger partial charge in [0.15, 0.2) is 0 Å². The van der Waals surface area contributed by atoms with Crippen LogP contribution in [0.15, 0.2) is 30.3 Å². The van der Waals surface area contributed by atoms with Gasteiger partial charge in [0.2, 0.25) is 5.91 Å². The highest BCUT2D eigenvalue weighted by Gasteiger charge is 2.31. The Morgan fingerprint density at radius 1 is 1.37 bits per heavy atom. The van der Waals surface area contributed by atoms with Crippen LogP contribution in [-0.2, 0) is 11.2 Å². The van der Waals surface area contributed by atoms with Crippen molar-refractivity contribution in [2.24, 2.45) is 11.7 Å². The second kappa shape index (κ2) is 6.68. The van der Waals surface area contributed by atoms with E-state index in [0.717, 1.165) is 24.8 Å². The molecular weight excluding hydrogens is 240 g/mol. The van der Waals surface area contributed by atoms with E-state index < -0.39 is 0 Å². The van der Waals surface area contributed by atoms with E-state index in [1.165, 1.54) is 0 Å². The smallest absolute Gasteiger partial charge is 0.224 e. The Bertz CT molecular complexity index is 408. The normalized spacial score (nSPS) is 24.1. The number of benzene rings is 1. The molecule has 0 aromatic heterocycles. The van der Waals surface area contributed by atoms with E-state index >= 15 is 0 Å². The molecule has 19 heavy (non-hydrogen) atoms. The standard InChI is InChI=1S/C15H22N2O2/c16-14-8-4-7-13(14)15(19)17-12(10-18)9-11-5-2-1-3-6-11/h1-3,5-6,12-14,18H,4,7-10,16H2,(H,17,19). The van der Waals surface area contributed by atoms with Gasteiger partial charge in [0.25, 0.3) is 0 Å². The predicted octanol–water partition coefficient (Wildman–Crippen LogP) is 0.834. The average Bonchev–Trinajstić information content (AvgIpc) is 2.85. The molecule has 4 N–H and O–H groups in total. The van der Waals surface area contributed by atoms with E-state index in [4.69, 9.17) is 5.73 Å². The first kappa shape index (κ1) is 14.0. The maximum absolute atomic E-state index is 12.1. The second-order valence-corrected chi connectivity index (χ2v) is 5.28. The highest BCUT2D eigenvalue weighted by atomic mass is 16.3. The molecule has 4 nitrogen and oxygen atoms in total. The monoisotopic (exact) mass is 262 g/mol. The molecule has 0 saturated heterocycles. The van der Waals surface area contributed by atoms with Gasteiger partial charge in [-0.1, -0.05) is 36.8 Å². The van der Waals surface area contributed by atoms with Gasteiger partial charge < -0.3 is 16.2 Å². The highest BCUT2D eigenvalue weighted by molar-refractivity contribution is 5.80. The van der Waals surface area contributed by atoms with Crippen LogP contribution in [0.1, 0.15) is 24.8 Å². The Labute approximate surface area is 114 Å². The van der Waals surface area contributed by atoms with Crippen LogP contribution in [0, 0.1) is 5.92 Å². The Morgan fingerprint density at radius 2 is 2.11 bits per heavy atom. The number of amides is 1. The number of hydrogen-bond acceptors (Lipinski definition) is 3. The topological polar surface area (TPSA) is 75.4 Å². The summed E-state index contributed by atoms with van der Waals surface area (Å²) in [6.45, 7) is -0.0530. The summed E-state index contributed by atoms with van der Waals surface area (Å²) in [4.78, 5) is 12.1. The first-order valence-corrected chi connectivity index (χ1v) is 6.91. The Hall–Kier alpha value is -1.39. The lowest BCUT2D eigenvalue weighted by Crippen LogP contribution is -2.45. The van der Waals surface area contributed by atoms with Crippen LogP contribution in [0.2, 0.25) is 0 Å². The van der Waals surface area contributed by atoms with Crippen molar-refractivity contribution in [3.05, 3.63) is 35.9 Å². The fourth-order valence-corrected chi connectivity index (χ4v) is 2.68. The summed E-state index contributed by atoms with van der Waals surface area (Å²) in [5, 5.41) is 12.3. The molecule has 1 aliphatic carbocycles. The molecule has 2 rings (SSSR count). The molecular formula is C15H22N2O2. The van der Waals surface area contributed by atoms with Gasteiger partial charge in [-0.3, -0.25) is 4.79 Å². The number of hydrogen-bond donors (Lipinski definition) is 3. The van der Waals surface area contributed by atoms with Gasteiger partial charge in [0.1, 0.15) is 0 Å². The molecule has 1 aliphatic rings. The fourth-order valence-electron chi connectivity index (χ4n) is 2.68. The van der Waals surface area contributed by atoms with Gasteiger partial charge in [0, 0.05) is 6.04 Å². The van der Waals surface area contributed by atoms with Crippen molar-refractivity contribution < 1.29 is 9.90 Å². The Kier molecular flexibility index (Phi) is 4.93. The van der Waals surface area contributed by atoms with Crippen molar-refractivity contribution in [3.8, 4) is 0 Å². The third-order valence-corrected chi connectivity index (χ3v) is 3.80. The summed E-state index contributed by atoms with van der Waals surface area (Å²) < 4.78 is 0. The molecule has 1 aromatic rings.